The van der Waals surface area contributed by atoms with E-state index >= 15 is 0 Å². The molecule has 1 heterocycles. The van der Waals surface area contributed by atoms with Crippen molar-refractivity contribution in [3.05, 3.63) is 29.3 Å². The number of hydrogen-bond acceptors (Lipinski definition) is 4. The number of benzene rings is 1. The zero-order valence-electron chi connectivity index (χ0n) is 11.8. The Morgan fingerprint density at radius 2 is 1.95 bits per heavy atom. The van der Waals surface area contributed by atoms with Gasteiger partial charge >= 0.3 is 0 Å². The Morgan fingerprint density at radius 3 is 2.62 bits per heavy atom. The van der Waals surface area contributed by atoms with Crippen LogP contribution in [0.3, 0.4) is 0 Å². The quantitative estimate of drug-likeness (QED) is 0.847. The van der Waals surface area contributed by atoms with Gasteiger partial charge in [0.2, 0.25) is 10.0 Å². The lowest BCUT2D eigenvalue weighted by molar-refractivity contribution is 0.254. The fraction of sp³-hybridized carbons (Fsp3) is 0.538. The van der Waals surface area contributed by atoms with Gasteiger partial charge in [-0.3, -0.25) is 9.62 Å². The third-order valence-electron chi connectivity index (χ3n) is 3.43. The Balaban J connectivity index is 2.02. The fourth-order valence-corrected chi connectivity index (χ4v) is 3.24. The van der Waals surface area contributed by atoms with Gasteiger partial charge in [-0.2, -0.15) is 0 Å². The summed E-state index contributed by atoms with van der Waals surface area (Å²) in [7, 11) is -3.79. The molecule has 118 valence electrons. The van der Waals surface area contributed by atoms with E-state index in [1.807, 2.05) is 9.62 Å². The van der Waals surface area contributed by atoms with Gasteiger partial charge < -0.3 is 5.32 Å². The van der Waals surface area contributed by atoms with Crippen LogP contribution in [0.15, 0.2) is 12.1 Å². The van der Waals surface area contributed by atoms with E-state index in [0.717, 1.165) is 32.2 Å². The van der Waals surface area contributed by atoms with Crippen LogP contribution in [0.25, 0.3) is 0 Å². The molecule has 5 nitrogen and oxygen atoms in total. The number of rotatable bonds is 5. The van der Waals surface area contributed by atoms with Crippen molar-refractivity contribution in [2.45, 2.75) is 6.92 Å². The molecule has 21 heavy (non-hydrogen) atoms. The molecule has 2 N–H and O–H groups in total. The molecule has 1 aliphatic heterocycles. The third-order valence-corrected chi connectivity index (χ3v) is 4.66. The summed E-state index contributed by atoms with van der Waals surface area (Å²) in [5, 5.41) is 3.17. The minimum Gasteiger partial charge on any atom is -0.314 e. The summed E-state index contributed by atoms with van der Waals surface area (Å²) in [6, 6.07) is 2.32. The van der Waals surface area contributed by atoms with Crippen molar-refractivity contribution in [1.29, 1.82) is 0 Å². The average Bonchev–Trinajstić information content (AvgIpc) is 2.47. The van der Waals surface area contributed by atoms with Crippen LogP contribution in [0.1, 0.15) is 5.56 Å². The van der Waals surface area contributed by atoms with E-state index in [9.17, 15) is 17.2 Å². The Labute approximate surface area is 123 Å². The molecule has 1 fully saturated rings. The maximum atomic E-state index is 13.8. The van der Waals surface area contributed by atoms with Gasteiger partial charge in [0.15, 0.2) is 5.82 Å². The molecule has 0 bridgehead atoms. The number of anilines is 1. The first-order valence-electron chi connectivity index (χ1n) is 6.77. The highest BCUT2D eigenvalue weighted by atomic mass is 32.2. The number of sulfonamides is 1. The van der Waals surface area contributed by atoms with Crippen molar-refractivity contribution in [3.8, 4) is 0 Å². The van der Waals surface area contributed by atoms with E-state index in [2.05, 4.69) is 5.32 Å². The predicted octanol–water partition coefficient (Wildman–Crippen LogP) is 0.920. The van der Waals surface area contributed by atoms with Crippen molar-refractivity contribution in [2.75, 3.05) is 43.2 Å². The summed E-state index contributed by atoms with van der Waals surface area (Å²) in [6.07, 6.45) is 0. The van der Waals surface area contributed by atoms with Gasteiger partial charge in [-0.05, 0) is 18.6 Å². The van der Waals surface area contributed by atoms with Crippen LogP contribution in [0.2, 0.25) is 0 Å². The minimum atomic E-state index is -3.79. The summed E-state index contributed by atoms with van der Waals surface area (Å²) in [6.45, 7) is 4.95. The van der Waals surface area contributed by atoms with Crippen LogP contribution >= 0.6 is 0 Å². The van der Waals surface area contributed by atoms with Crippen molar-refractivity contribution in [1.82, 2.24) is 10.2 Å². The van der Waals surface area contributed by atoms with Crippen LogP contribution in [-0.4, -0.2) is 51.8 Å². The second-order valence-corrected chi connectivity index (χ2v) is 6.91. The highest BCUT2D eigenvalue weighted by molar-refractivity contribution is 7.92. The van der Waals surface area contributed by atoms with Crippen LogP contribution in [0, 0.1) is 18.6 Å². The van der Waals surface area contributed by atoms with E-state index < -0.39 is 27.3 Å². The Bertz CT molecular complexity index is 602. The maximum Gasteiger partial charge on any atom is 0.234 e. The van der Waals surface area contributed by atoms with Gasteiger partial charge in [-0.1, -0.05) is 6.07 Å². The first kappa shape index (κ1) is 16.1. The van der Waals surface area contributed by atoms with Crippen molar-refractivity contribution in [3.63, 3.8) is 0 Å². The number of aryl methyl sites for hydroxylation is 1. The summed E-state index contributed by atoms with van der Waals surface area (Å²) in [4.78, 5) is 2.00. The van der Waals surface area contributed by atoms with E-state index in [-0.39, 0.29) is 11.3 Å². The third kappa shape index (κ3) is 4.36. The molecular weight excluding hydrogens is 300 g/mol. The predicted molar refractivity (Wildman–Crippen MR) is 77.8 cm³/mol. The molecule has 2 rings (SSSR count). The number of hydrogen-bond donors (Lipinski definition) is 2. The van der Waals surface area contributed by atoms with Gasteiger partial charge in [0, 0.05) is 32.7 Å². The maximum absolute atomic E-state index is 13.8. The molecule has 0 aromatic heterocycles. The molecule has 0 saturated carbocycles. The second-order valence-electron chi connectivity index (χ2n) is 5.07. The summed E-state index contributed by atoms with van der Waals surface area (Å²) < 4.78 is 53.3. The Hall–Kier alpha value is -1.25. The monoisotopic (exact) mass is 319 g/mol. The fourth-order valence-electron chi connectivity index (χ4n) is 2.14. The van der Waals surface area contributed by atoms with E-state index in [1.165, 1.54) is 13.0 Å². The molecule has 0 amide bonds. The highest BCUT2D eigenvalue weighted by Gasteiger charge is 2.20. The van der Waals surface area contributed by atoms with E-state index in [0.29, 0.717) is 6.54 Å². The van der Waals surface area contributed by atoms with Gasteiger partial charge in [0.1, 0.15) is 11.5 Å². The molecular formula is C13H19F2N3O2S. The standard InChI is InChI=1S/C13H19F2N3O2S/c1-10-2-3-11(14)13(12(10)15)17-21(19,20)9-8-18-6-4-16-5-7-18/h2-3,16-17H,4-9H2,1H3. The van der Waals surface area contributed by atoms with E-state index in [4.69, 9.17) is 0 Å². The summed E-state index contributed by atoms with van der Waals surface area (Å²) in [5.41, 5.74) is -0.411. The topological polar surface area (TPSA) is 61.4 Å². The summed E-state index contributed by atoms with van der Waals surface area (Å²) in [5.74, 6) is -1.98. The smallest absolute Gasteiger partial charge is 0.234 e. The van der Waals surface area contributed by atoms with Gasteiger partial charge in [-0.15, -0.1) is 0 Å². The molecule has 1 saturated heterocycles. The molecule has 0 spiro atoms. The largest absolute Gasteiger partial charge is 0.314 e. The number of piperazine rings is 1. The van der Waals surface area contributed by atoms with Gasteiger partial charge in [0.05, 0.1) is 5.75 Å². The van der Waals surface area contributed by atoms with E-state index in [1.54, 1.807) is 0 Å². The van der Waals surface area contributed by atoms with Crippen molar-refractivity contribution >= 4 is 15.7 Å². The number of nitrogens with zero attached hydrogens (tertiary/aromatic N) is 1. The van der Waals surface area contributed by atoms with Crippen LogP contribution in [-0.2, 0) is 10.0 Å². The molecule has 0 unspecified atom stereocenters. The molecule has 1 aromatic carbocycles. The lowest BCUT2D eigenvalue weighted by atomic mass is 10.2. The molecule has 0 radical (unpaired) electrons. The molecule has 0 aliphatic carbocycles. The van der Waals surface area contributed by atoms with Crippen LogP contribution < -0.4 is 10.0 Å². The zero-order chi connectivity index (χ0) is 15.5. The molecule has 1 aliphatic rings. The van der Waals surface area contributed by atoms with Crippen molar-refractivity contribution in [2.24, 2.45) is 0 Å². The number of nitrogens with one attached hydrogen (secondary N) is 2. The summed E-state index contributed by atoms with van der Waals surface area (Å²) >= 11 is 0. The molecule has 1 aromatic rings. The lowest BCUT2D eigenvalue weighted by Crippen LogP contribution is -2.45. The Morgan fingerprint density at radius 1 is 1.29 bits per heavy atom. The number of halogens is 2. The first-order chi connectivity index (χ1) is 9.89. The Kier molecular flexibility index (Phi) is 5.13. The van der Waals surface area contributed by atoms with Crippen LogP contribution in [0.5, 0.6) is 0 Å². The lowest BCUT2D eigenvalue weighted by Gasteiger charge is -2.26. The molecule has 8 heteroatoms. The first-order valence-corrected chi connectivity index (χ1v) is 8.42. The zero-order valence-corrected chi connectivity index (χ0v) is 12.6. The SMILES string of the molecule is Cc1ccc(F)c(NS(=O)(=O)CCN2CCNCC2)c1F. The van der Waals surface area contributed by atoms with Gasteiger partial charge in [-0.25, -0.2) is 17.2 Å². The molecule has 0 atom stereocenters. The van der Waals surface area contributed by atoms with Gasteiger partial charge in [0.25, 0.3) is 0 Å². The second kappa shape index (κ2) is 6.67. The van der Waals surface area contributed by atoms with Crippen molar-refractivity contribution < 1.29 is 17.2 Å². The minimum absolute atomic E-state index is 0.191. The average molecular weight is 319 g/mol. The normalized spacial score (nSPS) is 16.9. The highest BCUT2D eigenvalue weighted by Crippen LogP contribution is 2.22. The van der Waals surface area contributed by atoms with Crippen LogP contribution in [0.4, 0.5) is 14.5 Å².